The maximum Gasteiger partial charge on any atom is 0.293 e. The molecule has 0 spiro atoms. The highest BCUT2D eigenvalue weighted by Crippen LogP contribution is 2.34. The molecule has 2 amide bonds. The molecule has 0 aliphatic heterocycles. The number of hydrogen-bond donors (Lipinski definition) is 2. The molecule has 5 aromatic rings. The van der Waals surface area contributed by atoms with Gasteiger partial charge in [-0.05, 0) is 35.4 Å². The molecule has 0 unspecified atom stereocenters. The summed E-state index contributed by atoms with van der Waals surface area (Å²) in [6, 6.07) is 34.2. The van der Waals surface area contributed by atoms with Gasteiger partial charge in [0.1, 0.15) is 17.0 Å². The summed E-state index contributed by atoms with van der Waals surface area (Å²) in [5, 5.41) is 6.46. The van der Waals surface area contributed by atoms with E-state index in [4.69, 9.17) is 9.15 Å². The van der Waals surface area contributed by atoms with Gasteiger partial charge < -0.3 is 19.8 Å². The number of methoxy groups -OCH3 is 1. The van der Waals surface area contributed by atoms with Crippen LogP contribution in [0, 0.1) is 0 Å². The van der Waals surface area contributed by atoms with E-state index in [0.29, 0.717) is 28.1 Å². The number of fused-ring (bicyclic) bond motifs is 1. The number of hydrogen-bond acceptors (Lipinski definition) is 4. The SMILES string of the molecule is COc1ccccc1NC(=O)c1oc2ccccc2c1NC(=O)CC(c1ccccc1)c1ccccc1. The lowest BCUT2D eigenvalue weighted by Crippen LogP contribution is -2.19. The molecule has 0 aliphatic rings. The number of benzene rings is 4. The van der Waals surface area contributed by atoms with E-state index >= 15 is 0 Å². The molecule has 2 N–H and O–H groups in total. The van der Waals surface area contributed by atoms with E-state index in [0.717, 1.165) is 11.1 Å². The molecule has 1 aromatic heterocycles. The van der Waals surface area contributed by atoms with Crippen molar-refractivity contribution in [1.29, 1.82) is 0 Å². The third-order valence-electron chi connectivity index (χ3n) is 6.21. The number of para-hydroxylation sites is 3. The van der Waals surface area contributed by atoms with Crippen LogP contribution in [-0.2, 0) is 4.79 Å². The molecular formula is C31H26N2O4. The van der Waals surface area contributed by atoms with Crippen LogP contribution in [-0.4, -0.2) is 18.9 Å². The van der Waals surface area contributed by atoms with E-state index in [1.807, 2.05) is 84.9 Å². The number of anilines is 2. The summed E-state index contributed by atoms with van der Waals surface area (Å²) in [6.45, 7) is 0. The average molecular weight is 491 g/mol. The second kappa shape index (κ2) is 10.8. The fourth-order valence-electron chi connectivity index (χ4n) is 4.43. The minimum atomic E-state index is -0.487. The van der Waals surface area contributed by atoms with Crippen LogP contribution in [0.25, 0.3) is 11.0 Å². The van der Waals surface area contributed by atoms with Crippen LogP contribution in [0.15, 0.2) is 114 Å². The average Bonchev–Trinajstić information content (AvgIpc) is 3.31. The maximum absolute atomic E-state index is 13.4. The third-order valence-corrected chi connectivity index (χ3v) is 6.21. The Labute approximate surface area is 214 Å². The van der Waals surface area contributed by atoms with Crippen molar-refractivity contribution in [2.45, 2.75) is 12.3 Å². The van der Waals surface area contributed by atoms with Crippen molar-refractivity contribution < 1.29 is 18.7 Å². The first kappa shape index (κ1) is 23.9. The van der Waals surface area contributed by atoms with Crippen LogP contribution in [0.2, 0.25) is 0 Å². The van der Waals surface area contributed by atoms with Gasteiger partial charge >= 0.3 is 0 Å². The zero-order chi connectivity index (χ0) is 25.6. The van der Waals surface area contributed by atoms with Crippen LogP contribution in [0.4, 0.5) is 11.4 Å². The summed E-state index contributed by atoms with van der Waals surface area (Å²) in [5.74, 6) is -0.316. The molecule has 4 aromatic carbocycles. The van der Waals surface area contributed by atoms with E-state index in [9.17, 15) is 9.59 Å². The van der Waals surface area contributed by atoms with Gasteiger partial charge in [-0.25, -0.2) is 0 Å². The van der Waals surface area contributed by atoms with Crippen molar-refractivity contribution in [3.63, 3.8) is 0 Å². The van der Waals surface area contributed by atoms with Gasteiger partial charge in [-0.3, -0.25) is 9.59 Å². The smallest absolute Gasteiger partial charge is 0.293 e. The molecule has 0 saturated carbocycles. The van der Waals surface area contributed by atoms with Gasteiger partial charge in [-0.1, -0.05) is 84.9 Å². The van der Waals surface area contributed by atoms with Crippen molar-refractivity contribution in [1.82, 2.24) is 0 Å². The topological polar surface area (TPSA) is 80.6 Å². The van der Waals surface area contributed by atoms with Gasteiger partial charge in [0.2, 0.25) is 11.7 Å². The first-order chi connectivity index (χ1) is 18.1. The van der Waals surface area contributed by atoms with Crippen molar-refractivity contribution >= 4 is 34.2 Å². The summed E-state index contributed by atoms with van der Waals surface area (Å²) >= 11 is 0. The Balaban J connectivity index is 1.45. The maximum atomic E-state index is 13.4. The van der Waals surface area contributed by atoms with Gasteiger partial charge in [0.15, 0.2) is 0 Å². The van der Waals surface area contributed by atoms with Crippen LogP contribution < -0.4 is 15.4 Å². The molecule has 0 bridgehead atoms. The van der Waals surface area contributed by atoms with E-state index in [2.05, 4.69) is 10.6 Å². The molecule has 5 rings (SSSR count). The fourth-order valence-corrected chi connectivity index (χ4v) is 4.43. The lowest BCUT2D eigenvalue weighted by atomic mass is 9.88. The lowest BCUT2D eigenvalue weighted by Gasteiger charge is -2.18. The van der Waals surface area contributed by atoms with Crippen LogP contribution in [0.3, 0.4) is 0 Å². The van der Waals surface area contributed by atoms with Crippen LogP contribution in [0.1, 0.15) is 34.0 Å². The van der Waals surface area contributed by atoms with Gasteiger partial charge in [-0.15, -0.1) is 0 Å². The molecule has 6 nitrogen and oxygen atoms in total. The van der Waals surface area contributed by atoms with Crippen LogP contribution >= 0.6 is 0 Å². The molecular weight excluding hydrogens is 464 g/mol. The Kier molecular flexibility index (Phi) is 6.99. The number of furan rings is 1. The quantitative estimate of drug-likeness (QED) is 0.249. The second-order valence-corrected chi connectivity index (χ2v) is 8.58. The van der Waals surface area contributed by atoms with Crippen molar-refractivity contribution in [2.75, 3.05) is 17.7 Å². The second-order valence-electron chi connectivity index (χ2n) is 8.58. The normalized spacial score (nSPS) is 10.9. The number of ether oxygens (including phenoxy) is 1. The van der Waals surface area contributed by atoms with Gasteiger partial charge in [0, 0.05) is 17.7 Å². The molecule has 184 valence electrons. The number of rotatable bonds is 8. The number of carbonyl (C=O) groups excluding carboxylic acids is 2. The number of amides is 2. The predicted molar refractivity (Wildman–Crippen MR) is 145 cm³/mol. The minimum Gasteiger partial charge on any atom is -0.495 e. The molecule has 0 atom stereocenters. The summed E-state index contributed by atoms with van der Waals surface area (Å²) in [4.78, 5) is 26.7. The molecule has 0 aliphatic carbocycles. The standard InChI is InChI=1S/C31H26N2O4/c1-36-27-19-11-9-17-25(27)32-31(35)30-29(23-16-8-10-18-26(23)37-30)33-28(34)20-24(21-12-4-2-5-13-21)22-14-6-3-7-15-22/h2-19,24H,20H2,1H3,(H,32,35)(H,33,34). The fraction of sp³-hybridized carbons (Fsp3) is 0.0968. The largest absolute Gasteiger partial charge is 0.495 e. The Hall–Kier alpha value is -4.84. The Bertz CT molecular complexity index is 1490. The Morgan fingerprint density at radius 2 is 1.35 bits per heavy atom. The zero-order valence-electron chi connectivity index (χ0n) is 20.3. The van der Waals surface area contributed by atoms with E-state index in [1.54, 1.807) is 24.3 Å². The summed E-state index contributed by atoms with van der Waals surface area (Å²) in [7, 11) is 1.54. The summed E-state index contributed by atoms with van der Waals surface area (Å²) in [6.07, 6.45) is 0.196. The Morgan fingerprint density at radius 3 is 2.03 bits per heavy atom. The third kappa shape index (κ3) is 5.23. The molecule has 0 fully saturated rings. The predicted octanol–water partition coefficient (Wildman–Crippen LogP) is 6.85. The van der Waals surface area contributed by atoms with E-state index < -0.39 is 5.91 Å². The highest BCUT2D eigenvalue weighted by Gasteiger charge is 2.25. The monoisotopic (exact) mass is 490 g/mol. The van der Waals surface area contributed by atoms with Crippen molar-refractivity contribution in [3.8, 4) is 5.75 Å². The number of carbonyl (C=O) groups is 2. The highest BCUT2D eigenvalue weighted by atomic mass is 16.5. The number of nitrogens with one attached hydrogen (secondary N) is 2. The van der Waals surface area contributed by atoms with Gasteiger partial charge in [0.05, 0.1) is 12.8 Å². The lowest BCUT2D eigenvalue weighted by molar-refractivity contribution is -0.116. The summed E-state index contributed by atoms with van der Waals surface area (Å²) in [5.41, 5.74) is 3.42. The first-order valence-electron chi connectivity index (χ1n) is 12.0. The highest BCUT2D eigenvalue weighted by molar-refractivity contribution is 6.14. The van der Waals surface area contributed by atoms with Gasteiger partial charge in [0.25, 0.3) is 5.91 Å². The van der Waals surface area contributed by atoms with E-state index in [1.165, 1.54) is 7.11 Å². The zero-order valence-corrected chi connectivity index (χ0v) is 20.3. The van der Waals surface area contributed by atoms with Crippen LogP contribution in [0.5, 0.6) is 5.75 Å². The van der Waals surface area contributed by atoms with Crippen molar-refractivity contribution in [2.24, 2.45) is 0 Å². The Morgan fingerprint density at radius 1 is 0.757 bits per heavy atom. The van der Waals surface area contributed by atoms with Gasteiger partial charge in [-0.2, -0.15) is 0 Å². The molecule has 0 radical (unpaired) electrons. The molecule has 6 heteroatoms. The van der Waals surface area contributed by atoms with E-state index in [-0.39, 0.29) is 24.0 Å². The molecule has 0 saturated heterocycles. The summed E-state index contributed by atoms with van der Waals surface area (Å²) < 4.78 is 11.3. The van der Waals surface area contributed by atoms with Crippen molar-refractivity contribution in [3.05, 3.63) is 126 Å². The first-order valence-corrected chi connectivity index (χ1v) is 12.0. The molecule has 37 heavy (non-hydrogen) atoms. The molecule has 1 heterocycles. The minimum absolute atomic E-state index is 0.0245.